The topological polar surface area (TPSA) is 67.3 Å². The van der Waals surface area contributed by atoms with Crippen LogP contribution in [0.4, 0.5) is 21.0 Å². The van der Waals surface area contributed by atoms with E-state index in [1.54, 1.807) is 23.2 Å². The van der Waals surface area contributed by atoms with Crippen LogP contribution in [0.3, 0.4) is 0 Å². The van der Waals surface area contributed by atoms with Crippen LogP contribution >= 0.6 is 0 Å². The molecule has 1 saturated carbocycles. The van der Waals surface area contributed by atoms with E-state index in [-0.39, 0.29) is 29.2 Å². The second kappa shape index (κ2) is 7.28. The first kappa shape index (κ1) is 19.6. The molecule has 2 fully saturated rings. The SMILES string of the molecule is CC(C)[C@H]1COC(=O)N1c1ccnc(N[C@@H](C)c2ccc(C3(C)CC3)cc2F)n1. The van der Waals surface area contributed by atoms with Gasteiger partial charge in [0.2, 0.25) is 5.95 Å². The van der Waals surface area contributed by atoms with Gasteiger partial charge in [0.05, 0.1) is 12.1 Å². The molecule has 2 heterocycles. The number of anilines is 2. The summed E-state index contributed by atoms with van der Waals surface area (Å²) in [5.41, 5.74) is 1.74. The predicted octanol–water partition coefficient (Wildman–Crippen LogP) is 4.82. The average Bonchev–Trinajstić information content (AvgIpc) is 3.31. The lowest BCUT2D eigenvalue weighted by molar-refractivity contribution is 0.177. The predicted molar refractivity (Wildman–Crippen MR) is 110 cm³/mol. The minimum atomic E-state index is -0.406. The number of rotatable bonds is 6. The maximum Gasteiger partial charge on any atom is 0.415 e. The number of ether oxygens (including phenoxy) is 1. The first-order valence-electron chi connectivity index (χ1n) is 10.1. The Bertz CT molecular complexity index is 929. The zero-order valence-corrected chi connectivity index (χ0v) is 17.3. The number of nitrogens with zero attached hydrogens (tertiary/aromatic N) is 3. The van der Waals surface area contributed by atoms with Crippen LogP contribution in [-0.4, -0.2) is 28.7 Å². The van der Waals surface area contributed by atoms with E-state index >= 15 is 0 Å². The van der Waals surface area contributed by atoms with E-state index in [1.165, 1.54) is 0 Å². The van der Waals surface area contributed by atoms with Crippen LogP contribution in [0.25, 0.3) is 0 Å². The Labute approximate surface area is 170 Å². The Morgan fingerprint density at radius 1 is 1.28 bits per heavy atom. The van der Waals surface area contributed by atoms with Crippen molar-refractivity contribution in [1.82, 2.24) is 9.97 Å². The number of amides is 1. The quantitative estimate of drug-likeness (QED) is 0.755. The third kappa shape index (κ3) is 3.78. The van der Waals surface area contributed by atoms with E-state index in [9.17, 15) is 9.18 Å². The minimum absolute atomic E-state index is 0.0727. The zero-order valence-electron chi connectivity index (χ0n) is 17.3. The summed E-state index contributed by atoms with van der Waals surface area (Å²) in [5, 5.41) is 3.15. The van der Waals surface area contributed by atoms with Crippen LogP contribution in [0.15, 0.2) is 30.5 Å². The standard InChI is InChI=1S/C22H27FN4O2/c1-13(2)18-12-29-21(28)27(18)19-7-10-24-20(26-19)25-14(3)16-6-5-15(11-17(16)23)22(4)8-9-22/h5-7,10-11,13-14,18H,8-9,12H2,1-4H3,(H,24,25,26)/t14-,18+/m0/s1. The number of hydrogen-bond acceptors (Lipinski definition) is 5. The van der Waals surface area contributed by atoms with Gasteiger partial charge in [-0.3, -0.25) is 4.90 Å². The summed E-state index contributed by atoms with van der Waals surface area (Å²) < 4.78 is 19.9. The fourth-order valence-electron chi connectivity index (χ4n) is 3.74. The van der Waals surface area contributed by atoms with Crippen molar-refractivity contribution < 1.29 is 13.9 Å². The van der Waals surface area contributed by atoms with Crippen LogP contribution in [0.2, 0.25) is 0 Å². The molecule has 1 saturated heterocycles. The van der Waals surface area contributed by atoms with Crippen LogP contribution in [0.1, 0.15) is 57.7 Å². The van der Waals surface area contributed by atoms with Crippen LogP contribution < -0.4 is 10.2 Å². The molecule has 29 heavy (non-hydrogen) atoms. The number of halogens is 1. The second-order valence-electron chi connectivity index (χ2n) is 8.66. The van der Waals surface area contributed by atoms with Gasteiger partial charge in [0.1, 0.15) is 18.2 Å². The fourth-order valence-corrected chi connectivity index (χ4v) is 3.74. The number of cyclic esters (lactones) is 1. The van der Waals surface area contributed by atoms with Crippen molar-refractivity contribution in [3.63, 3.8) is 0 Å². The highest BCUT2D eigenvalue weighted by Gasteiger charge is 2.39. The maximum atomic E-state index is 14.7. The molecule has 1 aliphatic carbocycles. The van der Waals surface area contributed by atoms with Crippen molar-refractivity contribution in [3.05, 3.63) is 47.4 Å². The summed E-state index contributed by atoms with van der Waals surface area (Å²) in [6.45, 7) is 8.45. The Kier molecular flexibility index (Phi) is 4.92. The molecule has 1 aliphatic heterocycles. The molecule has 2 aliphatic rings. The number of aromatic nitrogens is 2. The zero-order chi connectivity index (χ0) is 20.8. The van der Waals surface area contributed by atoms with Crippen LogP contribution in [-0.2, 0) is 10.2 Å². The fraction of sp³-hybridized carbons (Fsp3) is 0.500. The summed E-state index contributed by atoms with van der Waals surface area (Å²) in [5.74, 6) is 0.825. The molecule has 1 aromatic heterocycles. The Hall–Kier alpha value is -2.70. The Morgan fingerprint density at radius 2 is 2.03 bits per heavy atom. The molecular formula is C22H27FN4O2. The molecule has 1 N–H and O–H groups in total. The molecule has 2 atom stereocenters. The molecule has 4 rings (SSSR count). The largest absolute Gasteiger partial charge is 0.447 e. The van der Waals surface area contributed by atoms with Gasteiger partial charge in [0, 0.05) is 11.8 Å². The minimum Gasteiger partial charge on any atom is -0.447 e. The Balaban J connectivity index is 1.53. The number of carbonyl (C=O) groups is 1. The smallest absolute Gasteiger partial charge is 0.415 e. The van der Waals surface area contributed by atoms with Gasteiger partial charge >= 0.3 is 6.09 Å². The van der Waals surface area contributed by atoms with Crippen molar-refractivity contribution in [3.8, 4) is 0 Å². The van der Waals surface area contributed by atoms with Crippen molar-refractivity contribution in [2.75, 3.05) is 16.8 Å². The van der Waals surface area contributed by atoms with E-state index < -0.39 is 6.09 Å². The van der Waals surface area contributed by atoms with Crippen molar-refractivity contribution >= 4 is 17.9 Å². The highest BCUT2D eigenvalue weighted by molar-refractivity contribution is 5.89. The molecule has 0 unspecified atom stereocenters. The number of hydrogen-bond donors (Lipinski definition) is 1. The third-order valence-corrected chi connectivity index (χ3v) is 6.07. The summed E-state index contributed by atoms with van der Waals surface area (Å²) >= 11 is 0. The molecule has 7 heteroatoms. The molecule has 6 nitrogen and oxygen atoms in total. The second-order valence-corrected chi connectivity index (χ2v) is 8.66. The first-order valence-corrected chi connectivity index (χ1v) is 10.1. The van der Waals surface area contributed by atoms with Gasteiger partial charge in [0.25, 0.3) is 0 Å². The molecule has 0 spiro atoms. The molecule has 1 aromatic carbocycles. The average molecular weight is 398 g/mol. The summed E-state index contributed by atoms with van der Waals surface area (Å²) in [7, 11) is 0. The van der Waals surface area contributed by atoms with Gasteiger partial charge in [-0.15, -0.1) is 0 Å². The van der Waals surface area contributed by atoms with E-state index in [4.69, 9.17) is 4.74 Å². The van der Waals surface area contributed by atoms with Crippen LogP contribution in [0.5, 0.6) is 0 Å². The third-order valence-electron chi connectivity index (χ3n) is 6.07. The van der Waals surface area contributed by atoms with Crippen molar-refractivity contribution in [2.24, 2.45) is 5.92 Å². The molecule has 2 aromatic rings. The van der Waals surface area contributed by atoms with Gasteiger partial charge in [-0.25, -0.2) is 14.2 Å². The molecule has 154 valence electrons. The molecule has 0 bridgehead atoms. The van der Waals surface area contributed by atoms with Crippen molar-refractivity contribution in [2.45, 2.75) is 58.0 Å². The number of benzene rings is 1. The van der Waals surface area contributed by atoms with Gasteiger partial charge in [-0.1, -0.05) is 32.9 Å². The van der Waals surface area contributed by atoms with E-state index in [0.717, 1.165) is 18.4 Å². The number of nitrogens with one attached hydrogen (secondary N) is 1. The molecule has 0 radical (unpaired) electrons. The molecule has 1 amide bonds. The lowest BCUT2D eigenvalue weighted by Gasteiger charge is -2.24. The summed E-state index contributed by atoms with van der Waals surface area (Å²) in [6, 6.07) is 6.78. The monoisotopic (exact) mass is 398 g/mol. The highest BCUT2D eigenvalue weighted by atomic mass is 19.1. The highest BCUT2D eigenvalue weighted by Crippen LogP contribution is 2.48. The molecular weight excluding hydrogens is 371 g/mol. The first-order chi connectivity index (χ1) is 13.8. The van der Waals surface area contributed by atoms with E-state index in [0.29, 0.717) is 23.9 Å². The van der Waals surface area contributed by atoms with E-state index in [2.05, 4.69) is 22.2 Å². The van der Waals surface area contributed by atoms with Gasteiger partial charge in [-0.05, 0) is 48.8 Å². The Morgan fingerprint density at radius 3 is 2.69 bits per heavy atom. The summed E-state index contributed by atoms with van der Waals surface area (Å²) in [6.07, 6.45) is 3.40. The van der Waals surface area contributed by atoms with Gasteiger partial charge in [0.15, 0.2) is 0 Å². The maximum absolute atomic E-state index is 14.7. The normalized spacial score (nSPS) is 21.2. The van der Waals surface area contributed by atoms with Gasteiger partial charge in [-0.2, -0.15) is 4.98 Å². The summed E-state index contributed by atoms with van der Waals surface area (Å²) in [4.78, 5) is 22.5. The van der Waals surface area contributed by atoms with Crippen LogP contribution in [0, 0.1) is 11.7 Å². The van der Waals surface area contributed by atoms with E-state index in [1.807, 2.05) is 32.9 Å². The number of carbonyl (C=O) groups excluding carboxylic acids is 1. The van der Waals surface area contributed by atoms with Gasteiger partial charge < -0.3 is 10.1 Å². The lowest BCUT2D eigenvalue weighted by atomic mass is 9.95. The lowest BCUT2D eigenvalue weighted by Crippen LogP contribution is -2.37. The van der Waals surface area contributed by atoms with Crippen molar-refractivity contribution in [1.29, 1.82) is 0 Å².